The lowest BCUT2D eigenvalue weighted by Gasteiger charge is -2.09. The summed E-state index contributed by atoms with van der Waals surface area (Å²) in [5.74, 6) is 0.220. The first-order chi connectivity index (χ1) is 15.0. The first-order valence-corrected chi connectivity index (χ1v) is 10.4. The van der Waals surface area contributed by atoms with Gasteiger partial charge in [-0.1, -0.05) is 42.5 Å². The van der Waals surface area contributed by atoms with Crippen molar-refractivity contribution in [1.29, 1.82) is 5.41 Å². The van der Waals surface area contributed by atoms with Crippen LogP contribution in [-0.2, 0) is 13.6 Å². The van der Waals surface area contributed by atoms with Gasteiger partial charge in [-0.3, -0.25) is 9.59 Å². The molecule has 2 heterocycles. The van der Waals surface area contributed by atoms with Crippen molar-refractivity contribution in [3.05, 3.63) is 82.0 Å². The normalized spacial score (nSPS) is 10.8. The number of hydrogen-bond acceptors (Lipinski definition) is 6. The van der Waals surface area contributed by atoms with Crippen LogP contribution >= 0.6 is 11.3 Å². The molecule has 4 aromatic rings. The Morgan fingerprint density at radius 3 is 2.68 bits per heavy atom. The van der Waals surface area contributed by atoms with Crippen molar-refractivity contribution in [2.24, 2.45) is 7.05 Å². The van der Waals surface area contributed by atoms with E-state index in [0.29, 0.717) is 44.5 Å². The molecule has 0 bridgehead atoms. The number of aromatic nitrogens is 2. The molecule has 0 aliphatic rings. The quantitative estimate of drug-likeness (QED) is 0.343. The standard InChI is InChI=1S/C23H20N4O3S/c1-27-18(22(29)25-13-14-7-6-10-16(11-14)30-2)17(12-24)20-21(27)26-23(31-20)19(28)15-8-4-3-5-9-15/h3-12,24H,13H2,1-2H3,(H,25,29). The monoisotopic (exact) mass is 432 g/mol. The van der Waals surface area contributed by atoms with Gasteiger partial charge < -0.3 is 20.0 Å². The van der Waals surface area contributed by atoms with Gasteiger partial charge in [0.25, 0.3) is 5.91 Å². The van der Waals surface area contributed by atoms with Crippen LogP contribution in [0.4, 0.5) is 0 Å². The summed E-state index contributed by atoms with van der Waals surface area (Å²) in [6, 6.07) is 16.4. The minimum Gasteiger partial charge on any atom is -0.497 e. The molecule has 0 saturated heterocycles. The van der Waals surface area contributed by atoms with Crippen LogP contribution in [0.5, 0.6) is 5.75 Å². The second-order valence-electron chi connectivity index (χ2n) is 6.87. The molecule has 2 N–H and O–H groups in total. The molecule has 1 amide bonds. The zero-order valence-electron chi connectivity index (χ0n) is 17.0. The molecule has 0 unspecified atom stereocenters. The van der Waals surface area contributed by atoms with Crippen molar-refractivity contribution in [2.75, 3.05) is 7.11 Å². The number of ketones is 1. The zero-order valence-corrected chi connectivity index (χ0v) is 17.8. The third kappa shape index (κ3) is 3.85. The highest BCUT2D eigenvalue weighted by Crippen LogP contribution is 2.31. The first kappa shape index (κ1) is 20.5. The van der Waals surface area contributed by atoms with Crippen LogP contribution in [0, 0.1) is 5.41 Å². The molecule has 2 aromatic heterocycles. The van der Waals surface area contributed by atoms with E-state index < -0.39 is 0 Å². The Hall–Kier alpha value is -3.78. The number of thiazole rings is 1. The third-order valence-corrected chi connectivity index (χ3v) is 6.02. The lowest BCUT2D eigenvalue weighted by molar-refractivity contribution is 0.0942. The Bertz CT molecular complexity index is 1290. The second-order valence-corrected chi connectivity index (χ2v) is 7.87. The van der Waals surface area contributed by atoms with Crippen LogP contribution in [0.15, 0.2) is 54.6 Å². The maximum atomic E-state index is 12.9. The SMILES string of the molecule is COc1cccc(CNC(=O)c2c(C=N)c3sc(C(=O)c4ccccc4)nc3n2C)c1. The Morgan fingerprint density at radius 1 is 1.19 bits per heavy atom. The molecule has 156 valence electrons. The van der Waals surface area contributed by atoms with Crippen LogP contribution in [0.1, 0.15) is 37.0 Å². The third-order valence-electron chi connectivity index (χ3n) is 4.94. The van der Waals surface area contributed by atoms with Crippen molar-refractivity contribution in [3.8, 4) is 5.75 Å². The fourth-order valence-electron chi connectivity index (χ4n) is 3.38. The van der Waals surface area contributed by atoms with E-state index in [1.54, 1.807) is 43.0 Å². The highest BCUT2D eigenvalue weighted by molar-refractivity contribution is 7.20. The predicted octanol–water partition coefficient (Wildman–Crippen LogP) is 3.80. The average Bonchev–Trinajstić information content (AvgIpc) is 3.35. The van der Waals surface area contributed by atoms with Crippen LogP contribution in [0.25, 0.3) is 10.3 Å². The van der Waals surface area contributed by atoms with E-state index in [2.05, 4.69) is 10.3 Å². The van der Waals surface area contributed by atoms with Gasteiger partial charge >= 0.3 is 0 Å². The predicted molar refractivity (Wildman–Crippen MR) is 121 cm³/mol. The summed E-state index contributed by atoms with van der Waals surface area (Å²) in [5, 5.41) is 11.1. The van der Waals surface area contributed by atoms with Crippen LogP contribution in [0.3, 0.4) is 0 Å². The first-order valence-electron chi connectivity index (χ1n) is 9.54. The molecule has 7 nitrogen and oxygen atoms in total. The maximum absolute atomic E-state index is 12.9. The van der Waals surface area contributed by atoms with Crippen LogP contribution in [-0.4, -0.2) is 34.6 Å². The van der Waals surface area contributed by atoms with Gasteiger partial charge in [-0.2, -0.15) is 0 Å². The van der Waals surface area contributed by atoms with Gasteiger partial charge in [0.1, 0.15) is 11.4 Å². The Kier molecular flexibility index (Phi) is 5.64. The molecular formula is C23H20N4O3S. The number of fused-ring (bicyclic) bond motifs is 1. The summed E-state index contributed by atoms with van der Waals surface area (Å²) in [6.45, 7) is 0.317. The Labute approximate surface area is 182 Å². The van der Waals surface area contributed by atoms with Gasteiger partial charge in [0.05, 0.1) is 11.8 Å². The maximum Gasteiger partial charge on any atom is 0.268 e. The second kappa shape index (κ2) is 8.53. The highest BCUT2D eigenvalue weighted by atomic mass is 32.1. The van der Waals surface area contributed by atoms with E-state index in [1.165, 1.54) is 11.3 Å². The minimum atomic E-state index is -0.315. The fraction of sp³-hybridized carbons (Fsp3) is 0.130. The largest absolute Gasteiger partial charge is 0.497 e. The van der Waals surface area contributed by atoms with Crippen LogP contribution in [0.2, 0.25) is 0 Å². The highest BCUT2D eigenvalue weighted by Gasteiger charge is 2.25. The van der Waals surface area contributed by atoms with Crippen LogP contribution < -0.4 is 10.1 Å². The van der Waals surface area contributed by atoms with Gasteiger partial charge in [0.15, 0.2) is 10.7 Å². The van der Waals surface area contributed by atoms with Gasteiger partial charge in [-0.25, -0.2) is 4.98 Å². The number of nitrogens with one attached hydrogen (secondary N) is 2. The number of methoxy groups -OCH3 is 1. The number of amides is 1. The summed E-state index contributed by atoms with van der Waals surface area (Å²) in [4.78, 5) is 30.1. The minimum absolute atomic E-state index is 0.179. The Morgan fingerprint density at radius 2 is 1.97 bits per heavy atom. The number of nitrogens with zero attached hydrogens (tertiary/aromatic N) is 2. The summed E-state index contributed by atoms with van der Waals surface area (Å²) < 4.78 is 7.49. The lowest BCUT2D eigenvalue weighted by atomic mass is 10.1. The Balaban J connectivity index is 1.63. The number of carbonyl (C=O) groups is 2. The van der Waals surface area contributed by atoms with Crippen molar-refractivity contribution < 1.29 is 14.3 Å². The van der Waals surface area contributed by atoms with Crippen molar-refractivity contribution >= 4 is 39.6 Å². The van der Waals surface area contributed by atoms with Crippen molar-refractivity contribution in [2.45, 2.75) is 6.54 Å². The molecule has 31 heavy (non-hydrogen) atoms. The molecule has 0 spiro atoms. The van der Waals surface area contributed by atoms with Gasteiger partial charge in [-0.15, -0.1) is 11.3 Å². The smallest absolute Gasteiger partial charge is 0.268 e. The number of rotatable bonds is 7. The van der Waals surface area contributed by atoms with E-state index in [0.717, 1.165) is 11.8 Å². The topological polar surface area (TPSA) is 97.1 Å². The van der Waals surface area contributed by atoms with Crippen molar-refractivity contribution in [3.63, 3.8) is 0 Å². The molecule has 0 aliphatic heterocycles. The van der Waals surface area contributed by atoms with E-state index >= 15 is 0 Å². The molecule has 8 heteroatoms. The lowest BCUT2D eigenvalue weighted by Crippen LogP contribution is -2.26. The summed E-state index contributed by atoms with van der Waals surface area (Å²) in [7, 11) is 3.31. The molecule has 0 radical (unpaired) electrons. The summed E-state index contributed by atoms with van der Waals surface area (Å²) in [5.41, 5.74) is 2.74. The molecule has 0 atom stereocenters. The molecular weight excluding hydrogens is 412 g/mol. The van der Waals surface area contributed by atoms with Crippen molar-refractivity contribution in [1.82, 2.24) is 14.9 Å². The van der Waals surface area contributed by atoms with E-state index in [4.69, 9.17) is 10.1 Å². The van der Waals surface area contributed by atoms with E-state index in [-0.39, 0.29) is 11.7 Å². The summed E-state index contributed by atoms with van der Waals surface area (Å²) >= 11 is 1.19. The van der Waals surface area contributed by atoms with E-state index in [1.807, 2.05) is 30.3 Å². The number of benzene rings is 2. The molecule has 2 aromatic carbocycles. The molecule has 0 aliphatic carbocycles. The van der Waals surface area contributed by atoms with Gasteiger partial charge in [0.2, 0.25) is 5.78 Å². The number of hydrogen-bond donors (Lipinski definition) is 2. The van der Waals surface area contributed by atoms with Gasteiger partial charge in [-0.05, 0) is 17.7 Å². The fourth-order valence-corrected chi connectivity index (χ4v) is 4.45. The average molecular weight is 433 g/mol. The molecule has 0 saturated carbocycles. The van der Waals surface area contributed by atoms with Gasteiger partial charge in [0, 0.05) is 30.9 Å². The van der Waals surface area contributed by atoms with E-state index in [9.17, 15) is 9.59 Å². The number of ether oxygens (including phenoxy) is 1. The number of carbonyl (C=O) groups excluding carboxylic acids is 2. The summed E-state index contributed by atoms with van der Waals surface area (Å²) in [6.07, 6.45) is 1.14. The number of aryl methyl sites for hydroxylation is 1. The molecule has 4 rings (SSSR count). The molecule has 0 fully saturated rings. The zero-order chi connectivity index (χ0) is 22.0.